The van der Waals surface area contributed by atoms with E-state index in [1.54, 1.807) is 24.2 Å². The van der Waals surface area contributed by atoms with E-state index >= 15 is 0 Å². The summed E-state index contributed by atoms with van der Waals surface area (Å²) in [6.45, 7) is 0. The molecule has 106 valence electrons. The minimum absolute atomic E-state index is 0.0926. The van der Waals surface area contributed by atoms with E-state index in [4.69, 9.17) is 5.11 Å². The summed E-state index contributed by atoms with van der Waals surface area (Å²) < 4.78 is 0. The zero-order valence-electron chi connectivity index (χ0n) is 11.2. The first kappa shape index (κ1) is 14.6. The van der Waals surface area contributed by atoms with Gasteiger partial charge >= 0.3 is 5.97 Å². The van der Waals surface area contributed by atoms with Gasteiger partial charge in [0.15, 0.2) is 0 Å². The Morgan fingerprint density at radius 1 is 1.55 bits per heavy atom. The number of carboxylic acid groups (broad SMARTS) is 1. The number of thioether (sulfide) groups is 1. The lowest BCUT2D eigenvalue weighted by Crippen LogP contribution is -2.37. The van der Waals surface area contributed by atoms with Gasteiger partial charge < -0.3 is 10.0 Å². The van der Waals surface area contributed by atoms with Crippen molar-refractivity contribution < 1.29 is 14.7 Å². The van der Waals surface area contributed by atoms with Gasteiger partial charge in [0, 0.05) is 48.4 Å². The number of carbonyl (C=O) groups is 2. The van der Waals surface area contributed by atoms with Gasteiger partial charge in [-0.3, -0.25) is 9.78 Å². The lowest BCUT2D eigenvalue weighted by molar-refractivity contribution is -0.131. The SMILES string of the molecule is CN(C(=O)c1ccncc1C=CC(=O)O)C1CCSC1. The molecule has 0 spiro atoms. The second-order valence-corrected chi connectivity index (χ2v) is 5.72. The molecule has 1 amide bonds. The summed E-state index contributed by atoms with van der Waals surface area (Å²) in [5.74, 6) is 0.885. The minimum atomic E-state index is -1.05. The Hall–Kier alpha value is -1.82. The number of hydrogen-bond acceptors (Lipinski definition) is 4. The third-order valence-corrected chi connectivity index (χ3v) is 4.41. The van der Waals surface area contributed by atoms with Crippen LogP contribution in [0.1, 0.15) is 22.3 Å². The largest absolute Gasteiger partial charge is 0.478 e. The Bertz CT molecular complexity index is 539. The van der Waals surface area contributed by atoms with Gasteiger partial charge in [-0.05, 0) is 24.3 Å². The third-order valence-electron chi connectivity index (χ3n) is 3.26. The predicted octanol–water partition coefficient (Wildman–Crippen LogP) is 1.76. The number of hydrogen-bond donors (Lipinski definition) is 1. The number of carbonyl (C=O) groups excluding carboxylic acids is 1. The van der Waals surface area contributed by atoms with Gasteiger partial charge in [-0.1, -0.05) is 0 Å². The quantitative estimate of drug-likeness (QED) is 0.856. The number of nitrogens with zero attached hydrogens (tertiary/aromatic N) is 2. The average Bonchev–Trinajstić information content (AvgIpc) is 2.98. The summed E-state index contributed by atoms with van der Waals surface area (Å²) in [5.41, 5.74) is 1.01. The van der Waals surface area contributed by atoms with Crippen LogP contribution < -0.4 is 0 Å². The van der Waals surface area contributed by atoms with Gasteiger partial charge in [0.25, 0.3) is 5.91 Å². The highest BCUT2D eigenvalue weighted by atomic mass is 32.2. The maximum atomic E-state index is 12.5. The number of pyridine rings is 1. The van der Waals surface area contributed by atoms with Crippen molar-refractivity contribution in [1.82, 2.24) is 9.88 Å². The summed E-state index contributed by atoms with van der Waals surface area (Å²) in [4.78, 5) is 28.8. The molecular weight excluding hydrogens is 276 g/mol. The summed E-state index contributed by atoms with van der Waals surface area (Å²) in [5, 5.41) is 8.68. The fourth-order valence-corrected chi connectivity index (χ4v) is 3.35. The Morgan fingerprint density at radius 2 is 2.35 bits per heavy atom. The third kappa shape index (κ3) is 3.39. The Kier molecular flexibility index (Phi) is 4.79. The number of amides is 1. The van der Waals surface area contributed by atoms with Crippen molar-refractivity contribution in [1.29, 1.82) is 0 Å². The smallest absolute Gasteiger partial charge is 0.328 e. The van der Waals surface area contributed by atoms with Crippen molar-refractivity contribution in [2.24, 2.45) is 0 Å². The van der Waals surface area contributed by atoms with Crippen LogP contribution in [0, 0.1) is 0 Å². The van der Waals surface area contributed by atoms with Crippen LogP contribution in [0.3, 0.4) is 0 Å². The van der Waals surface area contributed by atoms with Crippen LogP contribution in [0.4, 0.5) is 0 Å². The van der Waals surface area contributed by atoms with E-state index in [2.05, 4.69) is 4.98 Å². The molecule has 1 unspecified atom stereocenters. The van der Waals surface area contributed by atoms with Crippen molar-refractivity contribution in [3.63, 3.8) is 0 Å². The Morgan fingerprint density at radius 3 is 3.00 bits per heavy atom. The highest BCUT2D eigenvalue weighted by Gasteiger charge is 2.25. The molecule has 5 nitrogen and oxygen atoms in total. The summed E-state index contributed by atoms with van der Waals surface area (Å²) in [6, 6.07) is 1.87. The topological polar surface area (TPSA) is 70.5 Å². The lowest BCUT2D eigenvalue weighted by atomic mass is 10.1. The molecule has 1 aliphatic rings. The molecule has 1 fully saturated rings. The number of carboxylic acids is 1. The van der Waals surface area contributed by atoms with E-state index in [1.807, 2.05) is 11.8 Å². The summed E-state index contributed by atoms with van der Waals surface area (Å²) in [7, 11) is 1.80. The summed E-state index contributed by atoms with van der Waals surface area (Å²) >= 11 is 1.84. The van der Waals surface area contributed by atoms with Crippen LogP contribution in [0.2, 0.25) is 0 Å². The first-order valence-electron chi connectivity index (χ1n) is 6.29. The molecule has 0 bridgehead atoms. The van der Waals surface area contributed by atoms with Crippen molar-refractivity contribution in [3.8, 4) is 0 Å². The van der Waals surface area contributed by atoms with Gasteiger partial charge in [0.1, 0.15) is 0 Å². The maximum absolute atomic E-state index is 12.5. The molecule has 1 aromatic heterocycles. The van der Waals surface area contributed by atoms with E-state index in [0.717, 1.165) is 24.0 Å². The molecule has 6 heteroatoms. The molecule has 0 aromatic carbocycles. The second-order valence-electron chi connectivity index (χ2n) is 4.57. The van der Waals surface area contributed by atoms with E-state index in [0.29, 0.717) is 11.1 Å². The van der Waals surface area contributed by atoms with E-state index < -0.39 is 5.97 Å². The van der Waals surface area contributed by atoms with Crippen LogP contribution in [0.25, 0.3) is 6.08 Å². The van der Waals surface area contributed by atoms with Crippen LogP contribution in [0.5, 0.6) is 0 Å². The Balaban J connectivity index is 2.22. The number of aromatic nitrogens is 1. The normalized spacial score (nSPS) is 18.4. The zero-order valence-corrected chi connectivity index (χ0v) is 12.0. The molecule has 1 aromatic rings. The van der Waals surface area contributed by atoms with E-state index in [-0.39, 0.29) is 11.9 Å². The van der Waals surface area contributed by atoms with Gasteiger partial charge in [-0.2, -0.15) is 11.8 Å². The second kappa shape index (κ2) is 6.56. The fraction of sp³-hybridized carbons (Fsp3) is 0.357. The summed E-state index contributed by atoms with van der Waals surface area (Å²) in [6.07, 6.45) is 6.46. The number of aliphatic carboxylic acids is 1. The van der Waals surface area contributed by atoms with Crippen LogP contribution in [-0.4, -0.2) is 51.5 Å². The van der Waals surface area contributed by atoms with Gasteiger partial charge in [0.05, 0.1) is 0 Å². The monoisotopic (exact) mass is 292 g/mol. The molecule has 2 rings (SSSR count). The molecule has 0 saturated carbocycles. The molecule has 1 atom stereocenters. The van der Waals surface area contributed by atoms with Crippen molar-refractivity contribution in [3.05, 3.63) is 35.7 Å². The van der Waals surface area contributed by atoms with E-state index in [1.165, 1.54) is 12.3 Å². The molecule has 1 saturated heterocycles. The predicted molar refractivity (Wildman–Crippen MR) is 78.7 cm³/mol. The van der Waals surface area contributed by atoms with Crippen LogP contribution >= 0.6 is 11.8 Å². The number of rotatable bonds is 4. The molecule has 2 heterocycles. The minimum Gasteiger partial charge on any atom is -0.478 e. The van der Waals surface area contributed by atoms with Gasteiger partial charge in [-0.25, -0.2) is 4.79 Å². The van der Waals surface area contributed by atoms with E-state index in [9.17, 15) is 9.59 Å². The maximum Gasteiger partial charge on any atom is 0.328 e. The Labute approximate surface area is 121 Å². The first-order chi connectivity index (χ1) is 9.59. The molecule has 0 aliphatic carbocycles. The highest BCUT2D eigenvalue weighted by Crippen LogP contribution is 2.23. The van der Waals surface area contributed by atoms with Crippen molar-refractivity contribution in [2.45, 2.75) is 12.5 Å². The molecule has 20 heavy (non-hydrogen) atoms. The van der Waals surface area contributed by atoms with Crippen LogP contribution in [0.15, 0.2) is 24.5 Å². The van der Waals surface area contributed by atoms with Crippen molar-refractivity contribution in [2.75, 3.05) is 18.6 Å². The van der Waals surface area contributed by atoms with Gasteiger partial charge in [-0.15, -0.1) is 0 Å². The van der Waals surface area contributed by atoms with Crippen LogP contribution in [-0.2, 0) is 4.79 Å². The zero-order chi connectivity index (χ0) is 14.5. The lowest BCUT2D eigenvalue weighted by Gasteiger charge is -2.24. The molecule has 0 radical (unpaired) electrons. The average molecular weight is 292 g/mol. The standard InChI is InChI=1S/C14H16N2O3S/c1-16(11-5-7-20-9-11)14(19)12-4-6-15-8-10(12)2-3-13(17)18/h2-4,6,8,11H,5,7,9H2,1H3,(H,17,18). The molecule has 1 aliphatic heterocycles. The molecule has 1 N–H and O–H groups in total. The fourth-order valence-electron chi connectivity index (χ4n) is 2.08. The first-order valence-corrected chi connectivity index (χ1v) is 7.45. The van der Waals surface area contributed by atoms with Crippen molar-refractivity contribution >= 4 is 29.7 Å². The highest BCUT2D eigenvalue weighted by molar-refractivity contribution is 7.99. The van der Waals surface area contributed by atoms with Gasteiger partial charge in [0.2, 0.25) is 0 Å². The molecular formula is C14H16N2O3S.